The number of ether oxygens (including phenoxy) is 1. The third kappa shape index (κ3) is 7.27. The molecule has 1 fully saturated rings. The summed E-state index contributed by atoms with van der Waals surface area (Å²) in [4.78, 5) is 14.3. The van der Waals surface area contributed by atoms with Crippen LogP contribution in [0.25, 0.3) is 0 Å². The van der Waals surface area contributed by atoms with Crippen molar-refractivity contribution in [3.63, 3.8) is 0 Å². The zero-order valence-electron chi connectivity index (χ0n) is 12.7. The van der Waals surface area contributed by atoms with Gasteiger partial charge in [0.2, 0.25) is 5.91 Å². The minimum atomic E-state index is 0.140. The van der Waals surface area contributed by atoms with Crippen LogP contribution in [0.1, 0.15) is 33.1 Å². The molecule has 0 unspecified atom stereocenters. The molecule has 0 radical (unpaired) electrons. The predicted octanol–water partition coefficient (Wildman–Crippen LogP) is 2.38. The first-order valence-electron chi connectivity index (χ1n) is 7.44. The maximum atomic E-state index is 12.0. The van der Waals surface area contributed by atoms with Gasteiger partial charge in [-0.15, -0.1) is 0 Å². The van der Waals surface area contributed by atoms with Crippen LogP contribution in [0, 0.1) is 5.92 Å². The van der Waals surface area contributed by atoms with E-state index in [1.165, 1.54) is 0 Å². The number of carbonyl (C=O) groups excluding carboxylic acids is 1. The molecule has 20 heavy (non-hydrogen) atoms. The molecule has 116 valence electrons. The van der Waals surface area contributed by atoms with Crippen LogP contribution < -0.4 is 5.32 Å². The van der Waals surface area contributed by atoms with Crippen molar-refractivity contribution in [2.24, 2.45) is 5.92 Å². The van der Waals surface area contributed by atoms with Crippen molar-refractivity contribution in [2.75, 3.05) is 32.8 Å². The largest absolute Gasteiger partial charge is 0.379 e. The Balaban J connectivity index is 2.11. The summed E-state index contributed by atoms with van der Waals surface area (Å²) >= 11 is 5.80. The van der Waals surface area contributed by atoms with Crippen LogP contribution in [0.5, 0.6) is 0 Å². The number of nitrogens with zero attached hydrogens (tertiary/aromatic N) is 1. The van der Waals surface area contributed by atoms with E-state index in [-0.39, 0.29) is 17.9 Å². The molecule has 0 aromatic carbocycles. The van der Waals surface area contributed by atoms with Crippen molar-refractivity contribution >= 4 is 17.5 Å². The molecule has 1 rings (SSSR count). The lowest BCUT2D eigenvalue weighted by atomic mass is 9.96. The lowest BCUT2D eigenvalue weighted by Gasteiger charge is -2.30. The molecule has 0 aromatic heterocycles. The summed E-state index contributed by atoms with van der Waals surface area (Å²) < 4.78 is 5.44. The first-order chi connectivity index (χ1) is 9.49. The monoisotopic (exact) mass is 302 g/mol. The molecule has 5 heteroatoms. The van der Waals surface area contributed by atoms with Gasteiger partial charge in [0.15, 0.2) is 0 Å². The van der Waals surface area contributed by atoms with E-state index < -0.39 is 0 Å². The molecule has 1 aliphatic rings. The molecular formula is C15H27ClN2O2. The van der Waals surface area contributed by atoms with Crippen LogP contribution in [-0.4, -0.2) is 49.7 Å². The van der Waals surface area contributed by atoms with Crippen LogP contribution in [0.15, 0.2) is 11.6 Å². The third-order valence-electron chi connectivity index (χ3n) is 3.43. The summed E-state index contributed by atoms with van der Waals surface area (Å²) in [5.41, 5.74) is 0. The first-order valence-corrected chi connectivity index (χ1v) is 7.81. The van der Waals surface area contributed by atoms with Crippen LogP contribution in [0.3, 0.4) is 0 Å². The second-order valence-corrected chi connectivity index (χ2v) is 6.17. The molecule has 0 spiro atoms. The van der Waals surface area contributed by atoms with Crippen LogP contribution >= 0.6 is 11.6 Å². The number of halogens is 1. The Morgan fingerprint density at radius 2 is 2.10 bits per heavy atom. The summed E-state index contributed by atoms with van der Waals surface area (Å²) in [5.74, 6) is 0.319. The number of hydrogen-bond acceptors (Lipinski definition) is 3. The molecule has 0 saturated carbocycles. The minimum absolute atomic E-state index is 0.140. The molecule has 0 aliphatic carbocycles. The fourth-order valence-electron chi connectivity index (χ4n) is 2.34. The summed E-state index contributed by atoms with van der Waals surface area (Å²) in [6.07, 6.45) is 2.93. The second-order valence-electron chi connectivity index (χ2n) is 5.63. The van der Waals surface area contributed by atoms with Gasteiger partial charge in [0, 0.05) is 30.6 Å². The van der Waals surface area contributed by atoms with Crippen molar-refractivity contribution in [1.29, 1.82) is 0 Å². The summed E-state index contributed by atoms with van der Waals surface area (Å²) in [6, 6.07) is 0. The Morgan fingerprint density at radius 1 is 1.45 bits per heavy atom. The number of piperidine rings is 1. The SMILES string of the molecule is C=C(Cl)CN1CCC(C(=O)NCCCOC(C)C)CC1. The fraction of sp³-hybridized carbons (Fsp3) is 0.800. The Morgan fingerprint density at radius 3 is 2.65 bits per heavy atom. The van der Waals surface area contributed by atoms with Gasteiger partial charge in [-0.3, -0.25) is 9.69 Å². The number of amides is 1. The molecule has 1 amide bonds. The van der Waals surface area contributed by atoms with Gasteiger partial charge < -0.3 is 10.1 Å². The highest BCUT2D eigenvalue weighted by Crippen LogP contribution is 2.18. The van der Waals surface area contributed by atoms with Gasteiger partial charge >= 0.3 is 0 Å². The Labute approximate surface area is 127 Å². The number of carbonyl (C=O) groups is 1. The molecule has 1 aliphatic heterocycles. The fourth-order valence-corrected chi connectivity index (χ4v) is 2.51. The van der Waals surface area contributed by atoms with E-state index in [4.69, 9.17) is 16.3 Å². The number of rotatable bonds is 8. The van der Waals surface area contributed by atoms with E-state index in [1.54, 1.807) is 0 Å². The lowest BCUT2D eigenvalue weighted by molar-refractivity contribution is -0.126. The molecule has 1 N–H and O–H groups in total. The van der Waals surface area contributed by atoms with E-state index >= 15 is 0 Å². The number of likely N-dealkylation sites (tertiary alicyclic amines) is 1. The smallest absolute Gasteiger partial charge is 0.223 e. The predicted molar refractivity (Wildman–Crippen MR) is 82.9 cm³/mol. The van der Waals surface area contributed by atoms with Crippen molar-refractivity contribution < 1.29 is 9.53 Å². The quantitative estimate of drug-likeness (QED) is 0.700. The molecule has 0 bridgehead atoms. The van der Waals surface area contributed by atoms with Crippen molar-refractivity contribution in [2.45, 2.75) is 39.2 Å². The molecular weight excluding hydrogens is 276 g/mol. The minimum Gasteiger partial charge on any atom is -0.379 e. The summed E-state index contributed by atoms with van der Waals surface area (Å²) in [5, 5.41) is 3.67. The topological polar surface area (TPSA) is 41.6 Å². The van der Waals surface area contributed by atoms with Gasteiger partial charge in [0.05, 0.1) is 6.10 Å². The van der Waals surface area contributed by atoms with Crippen LogP contribution in [0.4, 0.5) is 0 Å². The first kappa shape index (κ1) is 17.5. The molecule has 0 aromatic rings. The highest BCUT2D eigenvalue weighted by Gasteiger charge is 2.24. The Kier molecular flexibility index (Phi) is 8.19. The molecule has 1 heterocycles. The number of hydrogen-bond donors (Lipinski definition) is 1. The average Bonchev–Trinajstić information content (AvgIpc) is 2.38. The van der Waals surface area contributed by atoms with Gasteiger partial charge in [-0.1, -0.05) is 18.2 Å². The maximum Gasteiger partial charge on any atom is 0.223 e. The lowest BCUT2D eigenvalue weighted by Crippen LogP contribution is -2.41. The maximum absolute atomic E-state index is 12.0. The highest BCUT2D eigenvalue weighted by atomic mass is 35.5. The average molecular weight is 303 g/mol. The van der Waals surface area contributed by atoms with Crippen molar-refractivity contribution in [1.82, 2.24) is 10.2 Å². The van der Waals surface area contributed by atoms with E-state index in [1.807, 2.05) is 13.8 Å². The van der Waals surface area contributed by atoms with Gasteiger partial charge in [-0.25, -0.2) is 0 Å². The zero-order valence-corrected chi connectivity index (χ0v) is 13.4. The van der Waals surface area contributed by atoms with E-state index in [2.05, 4.69) is 16.8 Å². The number of nitrogens with one attached hydrogen (secondary N) is 1. The summed E-state index contributed by atoms with van der Waals surface area (Å²) in [7, 11) is 0. The molecule has 4 nitrogen and oxygen atoms in total. The highest BCUT2D eigenvalue weighted by molar-refractivity contribution is 6.29. The van der Waals surface area contributed by atoms with Gasteiger partial charge in [0.25, 0.3) is 0 Å². The second kappa shape index (κ2) is 9.37. The van der Waals surface area contributed by atoms with Gasteiger partial charge in [0.1, 0.15) is 0 Å². The van der Waals surface area contributed by atoms with Gasteiger partial charge in [-0.2, -0.15) is 0 Å². The van der Waals surface area contributed by atoms with Crippen molar-refractivity contribution in [3.8, 4) is 0 Å². The molecule has 1 saturated heterocycles. The zero-order chi connectivity index (χ0) is 15.0. The Hall–Kier alpha value is -0.580. The van der Waals surface area contributed by atoms with Gasteiger partial charge in [-0.05, 0) is 46.2 Å². The van der Waals surface area contributed by atoms with Crippen molar-refractivity contribution in [3.05, 3.63) is 11.6 Å². The van der Waals surface area contributed by atoms with Crippen LogP contribution in [0.2, 0.25) is 0 Å². The van der Waals surface area contributed by atoms with Crippen LogP contribution in [-0.2, 0) is 9.53 Å². The third-order valence-corrected chi connectivity index (χ3v) is 3.54. The normalized spacial score (nSPS) is 17.4. The van der Waals surface area contributed by atoms with E-state index in [9.17, 15) is 4.79 Å². The Bertz CT molecular complexity index is 313. The molecule has 0 atom stereocenters. The summed E-state index contributed by atoms with van der Waals surface area (Å²) in [6.45, 7) is 11.7. The standard InChI is InChI=1S/C15H27ClN2O2/c1-12(2)20-10-4-7-17-15(19)14-5-8-18(9-6-14)11-13(3)16/h12,14H,3-11H2,1-2H3,(H,17,19). The van der Waals surface area contributed by atoms with E-state index in [0.29, 0.717) is 18.2 Å². The van der Waals surface area contributed by atoms with E-state index in [0.717, 1.165) is 38.9 Å².